The van der Waals surface area contributed by atoms with E-state index in [-0.39, 0.29) is 24.3 Å². The van der Waals surface area contributed by atoms with Crippen LogP contribution in [0, 0.1) is 11.3 Å². The van der Waals surface area contributed by atoms with Gasteiger partial charge in [0.2, 0.25) is 11.8 Å². The number of amides is 3. The Kier molecular flexibility index (Phi) is 6.58. The minimum Gasteiger partial charge on any atom is -0.489 e. The van der Waals surface area contributed by atoms with Crippen molar-refractivity contribution in [1.82, 2.24) is 15.1 Å². The minimum absolute atomic E-state index is 0.0579. The summed E-state index contributed by atoms with van der Waals surface area (Å²) in [5, 5.41) is 12.1. The summed E-state index contributed by atoms with van der Waals surface area (Å²) in [6.45, 7) is 2.16. The lowest BCUT2D eigenvalue weighted by Crippen LogP contribution is -2.57. The topological polar surface area (TPSA) is 103 Å². The zero-order valence-corrected chi connectivity index (χ0v) is 21.7. The Balaban J connectivity index is 1.11. The van der Waals surface area contributed by atoms with Crippen molar-refractivity contribution < 1.29 is 19.1 Å². The molecule has 0 spiro atoms. The zero-order valence-electron chi connectivity index (χ0n) is 21.0. The lowest BCUT2D eigenvalue weighted by atomic mass is 9.84. The molecule has 6 rings (SSSR count). The number of imide groups is 1. The van der Waals surface area contributed by atoms with Crippen molar-refractivity contribution in [2.75, 3.05) is 13.1 Å². The fourth-order valence-corrected chi connectivity index (χ4v) is 6.67. The number of nitriles is 1. The highest BCUT2D eigenvalue weighted by molar-refractivity contribution is 6.31. The van der Waals surface area contributed by atoms with Gasteiger partial charge in [-0.25, -0.2) is 0 Å². The number of halogens is 1. The van der Waals surface area contributed by atoms with E-state index in [9.17, 15) is 14.4 Å². The predicted molar refractivity (Wildman–Crippen MR) is 140 cm³/mol. The van der Waals surface area contributed by atoms with Gasteiger partial charge in [-0.3, -0.25) is 24.6 Å². The summed E-state index contributed by atoms with van der Waals surface area (Å²) < 4.78 is 6.54. The summed E-state index contributed by atoms with van der Waals surface area (Å²) in [6, 6.07) is 13.0. The lowest BCUT2D eigenvalue weighted by molar-refractivity contribution is -0.136. The van der Waals surface area contributed by atoms with Crippen molar-refractivity contribution in [3.05, 3.63) is 63.7 Å². The maximum atomic E-state index is 13.0. The number of nitrogens with zero attached hydrogens (tertiary/aromatic N) is 3. The number of likely N-dealkylation sites (tertiary alicyclic amines) is 1. The summed E-state index contributed by atoms with van der Waals surface area (Å²) in [7, 11) is 0. The van der Waals surface area contributed by atoms with E-state index < -0.39 is 11.9 Å². The SMILES string of the molecule is N#Cc1ccc(C2CN([C@@H]3CCCC[C@@H]3Oc3ccc4c(c3)CN([C@H]3CCC(=O)NC3=O)C4=O)C2)c(Cl)c1. The van der Waals surface area contributed by atoms with Crippen LogP contribution in [0.1, 0.15) is 71.5 Å². The van der Waals surface area contributed by atoms with Crippen LogP contribution in [-0.2, 0) is 16.1 Å². The molecule has 2 aromatic rings. The van der Waals surface area contributed by atoms with Crippen molar-refractivity contribution in [2.24, 2.45) is 0 Å². The molecule has 38 heavy (non-hydrogen) atoms. The summed E-state index contributed by atoms with van der Waals surface area (Å²) in [5.41, 5.74) is 3.11. The van der Waals surface area contributed by atoms with E-state index in [2.05, 4.69) is 16.3 Å². The summed E-state index contributed by atoms with van der Waals surface area (Å²) >= 11 is 6.46. The molecule has 3 atom stereocenters. The molecule has 0 aromatic heterocycles. The van der Waals surface area contributed by atoms with Gasteiger partial charge in [-0.1, -0.05) is 24.1 Å². The number of hydrogen-bond acceptors (Lipinski definition) is 6. The molecule has 0 radical (unpaired) electrons. The average Bonchev–Trinajstić information content (AvgIpc) is 3.20. The van der Waals surface area contributed by atoms with Gasteiger partial charge >= 0.3 is 0 Å². The van der Waals surface area contributed by atoms with Crippen LogP contribution in [0.3, 0.4) is 0 Å². The van der Waals surface area contributed by atoms with Crippen molar-refractivity contribution in [3.8, 4) is 11.8 Å². The van der Waals surface area contributed by atoms with Crippen LogP contribution in [0.4, 0.5) is 0 Å². The van der Waals surface area contributed by atoms with Crippen molar-refractivity contribution >= 4 is 29.3 Å². The Bertz CT molecular complexity index is 1350. The highest BCUT2D eigenvalue weighted by Crippen LogP contribution is 2.38. The van der Waals surface area contributed by atoms with Gasteiger partial charge in [0.15, 0.2) is 0 Å². The van der Waals surface area contributed by atoms with Crippen molar-refractivity contribution in [3.63, 3.8) is 0 Å². The Labute approximate surface area is 226 Å². The third-order valence-electron chi connectivity index (χ3n) is 8.40. The molecule has 3 fully saturated rings. The van der Waals surface area contributed by atoms with Gasteiger partial charge in [0.1, 0.15) is 17.9 Å². The van der Waals surface area contributed by atoms with Crippen molar-refractivity contribution in [2.45, 2.75) is 69.2 Å². The molecule has 3 heterocycles. The van der Waals surface area contributed by atoms with E-state index in [1.807, 2.05) is 24.3 Å². The number of benzene rings is 2. The van der Waals surface area contributed by atoms with E-state index in [4.69, 9.17) is 21.6 Å². The number of carbonyl (C=O) groups excluding carboxylic acids is 3. The smallest absolute Gasteiger partial charge is 0.255 e. The third-order valence-corrected chi connectivity index (χ3v) is 8.73. The number of nitrogens with one attached hydrogen (secondary N) is 1. The van der Waals surface area contributed by atoms with Gasteiger partial charge < -0.3 is 9.64 Å². The van der Waals surface area contributed by atoms with Crippen LogP contribution in [0.15, 0.2) is 36.4 Å². The Morgan fingerprint density at radius 1 is 1.03 bits per heavy atom. The molecule has 2 aromatic carbocycles. The monoisotopic (exact) mass is 532 g/mol. The fourth-order valence-electron chi connectivity index (χ4n) is 6.34. The molecule has 9 heteroatoms. The molecule has 8 nitrogen and oxygen atoms in total. The second kappa shape index (κ2) is 10.0. The lowest BCUT2D eigenvalue weighted by Gasteiger charge is -2.48. The predicted octanol–water partition coefficient (Wildman–Crippen LogP) is 3.76. The Morgan fingerprint density at radius 2 is 1.84 bits per heavy atom. The molecular weight excluding hydrogens is 504 g/mol. The highest BCUT2D eigenvalue weighted by atomic mass is 35.5. The Hall–Kier alpha value is -3.41. The molecule has 3 aliphatic heterocycles. The minimum atomic E-state index is -0.622. The number of fused-ring (bicyclic) bond motifs is 1. The Morgan fingerprint density at radius 3 is 2.61 bits per heavy atom. The first-order chi connectivity index (χ1) is 18.4. The van der Waals surface area contributed by atoms with Crippen LogP contribution in [0.5, 0.6) is 5.75 Å². The van der Waals surface area contributed by atoms with Gasteiger partial charge in [0, 0.05) is 48.6 Å². The molecule has 2 saturated heterocycles. The van der Waals surface area contributed by atoms with Crippen LogP contribution < -0.4 is 10.1 Å². The van der Waals surface area contributed by atoms with E-state index in [1.165, 1.54) is 6.42 Å². The number of carbonyl (C=O) groups is 3. The molecule has 0 bridgehead atoms. The van der Waals surface area contributed by atoms with E-state index in [0.717, 1.165) is 49.2 Å². The first-order valence-electron chi connectivity index (χ1n) is 13.3. The van der Waals surface area contributed by atoms with Gasteiger partial charge in [0.05, 0.1) is 11.6 Å². The van der Waals surface area contributed by atoms with Gasteiger partial charge in [-0.05, 0) is 67.1 Å². The molecular formula is C29H29ClN4O4. The van der Waals surface area contributed by atoms with Crippen LogP contribution in [0.2, 0.25) is 5.02 Å². The van der Waals surface area contributed by atoms with Gasteiger partial charge in [0.25, 0.3) is 5.91 Å². The molecule has 196 valence electrons. The third kappa shape index (κ3) is 4.55. The van der Waals surface area contributed by atoms with Gasteiger partial charge in [-0.2, -0.15) is 5.26 Å². The zero-order chi connectivity index (χ0) is 26.4. The van der Waals surface area contributed by atoms with E-state index in [0.29, 0.717) is 41.1 Å². The summed E-state index contributed by atoms with van der Waals surface area (Å²) in [5.74, 6) is 0.221. The molecule has 1 aliphatic carbocycles. The maximum absolute atomic E-state index is 13.0. The quantitative estimate of drug-likeness (QED) is 0.588. The summed E-state index contributed by atoms with van der Waals surface area (Å²) in [4.78, 5) is 40.9. The number of piperidine rings is 1. The standard InChI is InChI=1S/C29H29ClN4O4/c30-23-11-17(13-31)5-7-21(23)19-14-33(15-19)24-3-1-2-4-26(24)38-20-6-8-22-18(12-20)16-34(29(22)37)25-9-10-27(35)32-28(25)36/h5-8,11-12,19,24-26H,1-4,9-10,14-16H2,(H,32,35,36)/t24-,25+,26+/m1/s1. The second-order valence-corrected chi connectivity index (χ2v) is 11.1. The van der Waals surface area contributed by atoms with E-state index in [1.54, 1.807) is 17.0 Å². The molecule has 1 N–H and O–H groups in total. The van der Waals surface area contributed by atoms with Crippen LogP contribution in [0.25, 0.3) is 0 Å². The van der Waals surface area contributed by atoms with Crippen LogP contribution in [-0.4, -0.2) is 58.8 Å². The van der Waals surface area contributed by atoms with Crippen LogP contribution >= 0.6 is 11.6 Å². The van der Waals surface area contributed by atoms with Crippen molar-refractivity contribution in [1.29, 1.82) is 5.26 Å². The highest BCUT2D eigenvalue weighted by Gasteiger charge is 2.41. The maximum Gasteiger partial charge on any atom is 0.255 e. The fraction of sp³-hybridized carbons (Fsp3) is 0.448. The first kappa shape index (κ1) is 24.9. The molecule has 1 saturated carbocycles. The number of ether oxygens (including phenoxy) is 1. The summed E-state index contributed by atoms with van der Waals surface area (Å²) in [6.07, 6.45) is 4.98. The molecule has 0 unspecified atom stereocenters. The number of rotatable bonds is 5. The van der Waals surface area contributed by atoms with E-state index >= 15 is 0 Å². The second-order valence-electron chi connectivity index (χ2n) is 10.7. The average molecular weight is 533 g/mol. The first-order valence-corrected chi connectivity index (χ1v) is 13.7. The van der Waals surface area contributed by atoms with Gasteiger partial charge in [-0.15, -0.1) is 0 Å². The normalized spacial score (nSPS) is 25.9. The molecule has 3 amide bonds. The largest absolute Gasteiger partial charge is 0.489 e. The molecule has 4 aliphatic rings. The number of hydrogen-bond donors (Lipinski definition) is 1.